The van der Waals surface area contributed by atoms with E-state index in [1.165, 1.54) is 0 Å². The monoisotopic (exact) mass is 186 g/mol. The first kappa shape index (κ1) is 12.4. The van der Waals surface area contributed by atoms with E-state index in [-0.39, 0.29) is 5.91 Å². The lowest BCUT2D eigenvalue weighted by atomic mass is 10.3. The average Bonchev–Trinajstić information content (AvgIpc) is 2.03. The molecule has 0 heterocycles. The number of amides is 1. The maximum absolute atomic E-state index is 11.0. The summed E-state index contributed by atoms with van der Waals surface area (Å²) in [6.45, 7) is 3.95. The van der Waals surface area contributed by atoms with Crippen LogP contribution in [0.25, 0.3) is 0 Å². The lowest BCUT2D eigenvalue weighted by molar-refractivity contribution is -0.121. The van der Waals surface area contributed by atoms with Crippen LogP contribution in [0.4, 0.5) is 0 Å². The largest absolute Gasteiger partial charge is 0.356 e. The van der Waals surface area contributed by atoms with Gasteiger partial charge in [-0.1, -0.05) is 6.92 Å². The molecule has 13 heavy (non-hydrogen) atoms. The van der Waals surface area contributed by atoms with Crippen molar-refractivity contribution in [1.29, 1.82) is 0 Å². The van der Waals surface area contributed by atoms with E-state index < -0.39 is 0 Å². The molecule has 3 nitrogen and oxygen atoms in total. The molecule has 0 aromatic heterocycles. The Bertz CT molecular complexity index is 135. The molecule has 0 aliphatic rings. The molecule has 0 saturated heterocycles. The highest BCUT2D eigenvalue weighted by Gasteiger charge is 1.97. The molecular formula is C10H22N2O. The molecule has 1 N–H and O–H groups in total. The van der Waals surface area contributed by atoms with Crippen molar-refractivity contribution < 1.29 is 4.79 Å². The summed E-state index contributed by atoms with van der Waals surface area (Å²) in [4.78, 5) is 13.2. The first-order valence-corrected chi connectivity index (χ1v) is 5.08. The van der Waals surface area contributed by atoms with Crippen molar-refractivity contribution in [3.8, 4) is 0 Å². The topological polar surface area (TPSA) is 32.3 Å². The Morgan fingerprint density at radius 2 is 2.00 bits per heavy atom. The summed E-state index contributed by atoms with van der Waals surface area (Å²) >= 11 is 0. The Labute approximate surface area is 81.5 Å². The summed E-state index contributed by atoms with van der Waals surface area (Å²) in [7, 11) is 4.13. The van der Waals surface area contributed by atoms with E-state index in [1.54, 1.807) is 0 Å². The van der Waals surface area contributed by atoms with Gasteiger partial charge in [0.2, 0.25) is 5.91 Å². The molecule has 0 fully saturated rings. The quantitative estimate of drug-likeness (QED) is 0.607. The lowest BCUT2D eigenvalue weighted by Crippen LogP contribution is -2.24. The summed E-state index contributed by atoms with van der Waals surface area (Å²) in [5.41, 5.74) is 0. The highest BCUT2D eigenvalue weighted by Crippen LogP contribution is 1.90. The van der Waals surface area contributed by atoms with Crippen LogP contribution in [0.3, 0.4) is 0 Å². The minimum Gasteiger partial charge on any atom is -0.356 e. The van der Waals surface area contributed by atoms with Crippen molar-refractivity contribution in [3.05, 3.63) is 0 Å². The third-order valence-corrected chi connectivity index (χ3v) is 1.83. The van der Waals surface area contributed by atoms with Gasteiger partial charge in [0.05, 0.1) is 0 Å². The van der Waals surface area contributed by atoms with E-state index in [2.05, 4.69) is 24.3 Å². The Balaban J connectivity index is 3.11. The predicted molar refractivity (Wildman–Crippen MR) is 55.7 cm³/mol. The Hall–Kier alpha value is -0.570. The fourth-order valence-corrected chi connectivity index (χ4v) is 1.10. The lowest BCUT2D eigenvalue weighted by Gasteiger charge is -2.09. The number of unbranched alkanes of at least 4 members (excludes halogenated alkanes) is 1. The van der Waals surface area contributed by atoms with Crippen molar-refractivity contribution in [2.24, 2.45) is 0 Å². The average molecular weight is 186 g/mol. The van der Waals surface area contributed by atoms with Crippen LogP contribution in [0.2, 0.25) is 0 Å². The van der Waals surface area contributed by atoms with E-state index in [4.69, 9.17) is 0 Å². The van der Waals surface area contributed by atoms with Crippen LogP contribution < -0.4 is 5.32 Å². The second kappa shape index (κ2) is 8.05. The molecule has 0 radical (unpaired) electrons. The van der Waals surface area contributed by atoms with Crippen molar-refractivity contribution in [3.63, 3.8) is 0 Å². The van der Waals surface area contributed by atoms with E-state index in [9.17, 15) is 4.79 Å². The maximum Gasteiger partial charge on any atom is 0.219 e. The number of hydrogen-bond acceptors (Lipinski definition) is 2. The minimum absolute atomic E-state index is 0.187. The maximum atomic E-state index is 11.0. The molecule has 0 bridgehead atoms. The van der Waals surface area contributed by atoms with Gasteiger partial charge in [0.25, 0.3) is 0 Å². The second-order valence-corrected chi connectivity index (χ2v) is 3.61. The molecule has 0 rings (SSSR count). The molecule has 0 atom stereocenters. The number of carbonyl (C=O) groups excluding carboxylic acids is 1. The van der Waals surface area contributed by atoms with Crippen LogP contribution in [0.15, 0.2) is 0 Å². The van der Waals surface area contributed by atoms with Gasteiger partial charge >= 0.3 is 0 Å². The van der Waals surface area contributed by atoms with Crippen LogP contribution >= 0.6 is 0 Å². The fraction of sp³-hybridized carbons (Fsp3) is 0.900. The van der Waals surface area contributed by atoms with Crippen molar-refractivity contribution >= 4 is 5.91 Å². The molecule has 0 unspecified atom stereocenters. The molecule has 0 aromatic rings. The number of nitrogens with zero attached hydrogens (tertiary/aromatic N) is 1. The van der Waals surface area contributed by atoms with Crippen LogP contribution in [-0.4, -0.2) is 38.0 Å². The van der Waals surface area contributed by atoms with Crippen molar-refractivity contribution in [2.45, 2.75) is 32.6 Å². The van der Waals surface area contributed by atoms with Gasteiger partial charge in [-0.25, -0.2) is 0 Å². The van der Waals surface area contributed by atoms with Gasteiger partial charge in [0.15, 0.2) is 0 Å². The molecule has 0 aliphatic carbocycles. The molecule has 0 spiro atoms. The van der Waals surface area contributed by atoms with Crippen LogP contribution in [0.5, 0.6) is 0 Å². The number of rotatable bonds is 7. The van der Waals surface area contributed by atoms with Gasteiger partial charge in [0.1, 0.15) is 0 Å². The number of hydrogen-bond donors (Lipinski definition) is 1. The third kappa shape index (κ3) is 9.34. The Kier molecular flexibility index (Phi) is 7.69. The van der Waals surface area contributed by atoms with E-state index >= 15 is 0 Å². The number of nitrogens with one attached hydrogen (secondary N) is 1. The van der Waals surface area contributed by atoms with Crippen molar-refractivity contribution in [2.75, 3.05) is 27.2 Å². The molecule has 0 saturated carbocycles. The summed E-state index contributed by atoms with van der Waals surface area (Å²) in [5, 5.41) is 2.90. The normalized spacial score (nSPS) is 10.5. The zero-order valence-corrected chi connectivity index (χ0v) is 9.10. The van der Waals surface area contributed by atoms with Crippen LogP contribution in [0.1, 0.15) is 32.6 Å². The summed E-state index contributed by atoms with van der Waals surface area (Å²) in [6, 6.07) is 0. The minimum atomic E-state index is 0.187. The van der Waals surface area contributed by atoms with Gasteiger partial charge in [0, 0.05) is 13.0 Å². The zero-order chi connectivity index (χ0) is 10.1. The molecule has 0 aliphatic heterocycles. The van der Waals surface area contributed by atoms with E-state index in [0.29, 0.717) is 6.42 Å². The Morgan fingerprint density at radius 1 is 1.31 bits per heavy atom. The van der Waals surface area contributed by atoms with E-state index in [0.717, 1.165) is 32.4 Å². The fourth-order valence-electron chi connectivity index (χ4n) is 1.10. The van der Waals surface area contributed by atoms with Gasteiger partial charge in [-0.15, -0.1) is 0 Å². The first-order chi connectivity index (χ1) is 6.16. The number of carbonyl (C=O) groups is 1. The highest BCUT2D eigenvalue weighted by molar-refractivity contribution is 5.75. The standard InChI is InChI=1S/C10H22N2O/c1-4-7-10(13)11-8-5-6-9-12(2)3/h4-9H2,1-3H3,(H,11,13). The van der Waals surface area contributed by atoms with Gasteiger partial charge in [-0.2, -0.15) is 0 Å². The van der Waals surface area contributed by atoms with Gasteiger partial charge < -0.3 is 10.2 Å². The first-order valence-electron chi connectivity index (χ1n) is 5.08. The van der Waals surface area contributed by atoms with E-state index in [1.807, 2.05) is 6.92 Å². The Morgan fingerprint density at radius 3 is 2.54 bits per heavy atom. The highest BCUT2D eigenvalue weighted by atomic mass is 16.1. The molecule has 0 aromatic carbocycles. The van der Waals surface area contributed by atoms with Crippen LogP contribution in [0, 0.1) is 0 Å². The molecule has 78 valence electrons. The van der Waals surface area contributed by atoms with Crippen LogP contribution in [-0.2, 0) is 4.79 Å². The predicted octanol–water partition coefficient (Wildman–Crippen LogP) is 1.24. The van der Waals surface area contributed by atoms with Crippen molar-refractivity contribution in [1.82, 2.24) is 10.2 Å². The zero-order valence-electron chi connectivity index (χ0n) is 9.10. The SMILES string of the molecule is CCCC(=O)NCCCCN(C)C. The second-order valence-electron chi connectivity index (χ2n) is 3.61. The smallest absolute Gasteiger partial charge is 0.219 e. The summed E-state index contributed by atoms with van der Waals surface area (Å²) in [6.07, 6.45) is 3.82. The van der Waals surface area contributed by atoms with Gasteiger partial charge in [-0.05, 0) is 39.9 Å². The molecule has 3 heteroatoms. The molecular weight excluding hydrogens is 164 g/mol. The summed E-state index contributed by atoms with van der Waals surface area (Å²) in [5.74, 6) is 0.187. The summed E-state index contributed by atoms with van der Waals surface area (Å²) < 4.78 is 0. The molecule has 1 amide bonds. The van der Waals surface area contributed by atoms with Gasteiger partial charge in [-0.3, -0.25) is 4.79 Å². The third-order valence-electron chi connectivity index (χ3n) is 1.83.